The van der Waals surface area contributed by atoms with Crippen LogP contribution in [0.4, 0.5) is 23.1 Å². The number of halogens is 1. The van der Waals surface area contributed by atoms with E-state index in [1.807, 2.05) is 0 Å². The highest BCUT2D eigenvalue weighted by Gasteiger charge is 2.26. The van der Waals surface area contributed by atoms with Gasteiger partial charge in [0, 0.05) is 32.3 Å². The van der Waals surface area contributed by atoms with Crippen LogP contribution in [0.2, 0.25) is 5.02 Å². The molecule has 1 aliphatic heterocycles. The Hall–Kier alpha value is -3.68. The highest BCUT2D eigenvalue weighted by Crippen LogP contribution is 2.37. The molecule has 188 valence electrons. The molecule has 5 N–H and O–H groups in total. The number of imidazole rings is 1. The number of hydrogen-bond acceptors (Lipinski definition) is 10. The van der Waals surface area contributed by atoms with Gasteiger partial charge >= 0.3 is 0 Å². The van der Waals surface area contributed by atoms with Crippen LogP contribution in [0.5, 0.6) is 0 Å². The average Bonchev–Trinajstić information content (AvgIpc) is 3.60. The summed E-state index contributed by atoms with van der Waals surface area (Å²) >= 11 is 6.86. The molecule has 2 aromatic heterocycles. The fraction of sp³-hybridized carbons (Fsp3) is 0.435. The summed E-state index contributed by atoms with van der Waals surface area (Å²) in [4.78, 5) is 11.1. The minimum absolute atomic E-state index is 0. The van der Waals surface area contributed by atoms with Gasteiger partial charge in [0.25, 0.3) is 0 Å². The van der Waals surface area contributed by atoms with Crippen molar-refractivity contribution < 1.29 is 10.2 Å². The minimum Gasteiger partial charge on any atom is -0.412 e. The molecular weight excluding hydrogens is 484 g/mol. The predicted molar refractivity (Wildman–Crippen MR) is 135 cm³/mol. The quantitative estimate of drug-likeness (QED) is 0.381. The summed E-state index contributed by atoms with van der Waals surface area (Å²) in [5.74, 6) is 0.791. The third-order valence-corrected chi connectivity index (χ3v) is 6.50. The van der Waals surface area contributed by atoms with Crippen molar-refractivity contribution >= 4 is 40.4 Å². The van der Waals surface area contributed by atoms with E-state index in [1.165, 1.54) is 10.7 Å². The van der Waals surface area contributed by atoms with E-state index in [0.29, 0.717) is 46.2 Å². The Balaban J connectivity index is 0.00000304. The molecule has 0 unspecified atom stereocenters. The van der Waals surface area contributed by atoms with Crippen LogP contribution in [0.15, 0.2) is 18.3 Å². The molecule has 1 aromatic carbocycles. The number of methoxy groups -OCH3 is 1. The number of nitrogens with zero attached hydrogens (tertiary/aromatic N) is 7. The largest absolute Gasteiger partial charge is 0.412 e. The van der Waals surface area contributed by atoms with E-state index in [2.05, 4.69) is 48.1 Å². The van der Waals surface area contributed by atoms with Crippen molar-refractivity contribution in [3.63, 3.8) is 0 Å². The molecule has 2 aliphatic rings. The molecule has 2 fully saturated rings. The Morgan fingerprint density at radius 2 is 2.03 bits per heavy atom. The second-order valence-corrected chi connectivity index (χ2v) is 9.09. The van der Waals surface area contributed by atoms with Gasteiger partial charge in [-0.05, 0) is 37.8 Å². The number of hydrogen-bond donors (Lipinski definition) is 3. The number of anilines is 4. The molecule has 0 amide bonds. The summed E-state index contributed by atoms with van der Waals surface area (Å²) in [6.07, 6.45) is 5.61. The summed E-state index contributed by atoms with van der Waals surface area (Å²) in [7, 11) is 1.66. The number of rotatable bonds is 8. The van der Waals surface area contributed by atoms with Crippen molar-refractivity contribution in [3.05, 3.63) is 34.6 Å². The first-order chi connectivity index (χ1) is 17.1. The Bertz CT molecular complexity index is 1330. The molecule has 3 aromatic rings. The van der Waals surface area contributed by atoms with Gasteiger partial charge in [0.2, 0.25) is 5.95 Å². The zero-order chi connectivity index (χ0) is 24.4. The first-order valence-corrected chi connectivity index (χ1v) is 11.9. The maximum absolute atomic E-state index is 9.68. The standard InChI is InChI=1S/C23H25ClN10O.H2O/c1-35-13-28-16-3-2-6-33(12-16)19-8-14(9-25)7-18(20(19)24)30-23-31-21(29-15-4-5-15)22-27-11-17(10-26)34(22)32-23;/h7-8,11,15-16,28H,2-6,12-13H2,1H3,(H2,29,30,31,32);1H2/t16-;/m1./s1. The lowest BCUT2D eigenvalue weighted by atomic mass is 10.0. The lowest BCUT2D eigenvalue weighted by Crippen LogP contribution is -2.46. The van der Waals surface area contributed by atoms with Gasteiger partial charge in [-0.1, -0.05) is 11.6 Å². The van der Waals surface area contributed by atoms with Gasteiger partial charge in [-0.15, -0.1) is 5.10 Å². The first-order valence-electron chi connectivity index (χ1n) is 11.5. The predicted octanol–water partition coefficient (Wildman–Crippen LogP) is 2.18. The molecule has 0 spiro atoms. The molecule has 1 aliphatic carbocycles. The van der Waals surface area contributed by atoms with E-state index in [0.717, 1.165) is 44.5 Å². The summed E-state index contributed by atoms with van der Waals surface area (Å²) < 4.78 is 6.61. The Morgan fingerprint density at radius 3 is 2.75 bits per heavy atom. The molecule has 1 saturated carbocycles. The maximum atomic E-state index is 9.68. The molecule has 3 heterocycles. The van der Waals surface area contributed by atoms with Gasteiger partial charge in [0.1, 0.15) is 6.07 Å². The van der Waals surface area contributed by atoms with Gasteiger partial charge in [-0.25, -0.2) is 4.98 Å². The number of aromatic nitrogens is 4. The van der Waals surface area contributed by atoms with Crippen LogP contribution in [-0.2, 0) is 4.74 Å². The molecular formula is C23H27ClN10O2. The summed E-state index contributed by atoms with van der Waals surface area (Å²) in [5, 5.41) is 34.0. The molecule has 0 radical (unpaired) electrons. The van der Waals surface area contributed by atoms with Crippen LogP contribution in [0.1, 0.15) is 36.9 Å². The van der Waals surface area contributed by atoms with Crippen LogP contribution in [0, 0.1) is 22.7 Å². The number of piperidine rings is 1. The van der Waals surface area contributed by atoms with Crippen molar-refractivity contribution in [2.75, 3.05) is 42.5 Å². The van der Waals surface area contributed by atoms with E-state index in [-0.39, 0.29) is 17.5 Å². The van der Waals surface area contributed by atoms with E-state index < -0.39 is 0 Å². The van der Waals surface area contributed by atoms with Crippen molar-refractivity contribution in [1.82, 2.24) is 24.9 Å². The minimum atomic E-state index is 0. The van der Waals surface area contributed by atoms with Gasteiger partial charge < -0.3 is 25.7 Å². The van der Waals surface area contributed by atoms with E-state index in [1.54, 1.807) is 19.2 Å². The summed E-state index contributed by atoms with van der Waals surface area (Å²) in [6, 6.07) is 8.40. The molecule has 36 heavy (non-hydrogen) atoms. The first kappa shape index (κ1) is 25.4. The van der Waals surface area contributed by atoms with Crippen molar-refractivity contribution in [2.24, 2.45) is 0 Å². The number of fused-ring (bicyclic) bond motifs is 1. The maximum Gasteiger partial charge on any atom is 0.247 e. The third-order valence-electron chi connectivity index (χ3n) is 6.10. The van der Waals surface area contributed by atoms with Gasteiger partial charge in [0.15, 0.2) is 17.2 Å². The van der Waals surface area contributed by atoms with Gasteiger partial charge in [-0.3, -0.25) is 5.32 Å². The second-order valence-electron chi connectivity index (χ2n) is 8.71. The fourth-order valence-electron chi connectivity index (χ4n) is 4.21. The van der Waals surface area contributed by atoms with E-state index in [4.69, 9.17) is 16.3 Å². The molecule has 1 saturated heterocycles. The van der Waals surface area contributed by atoms with Crippen LogP contribution in [-0.4, -0.2) is 64.1 Å². The van der Waals surface area contributed by atoms with Crippen molar-refractivity contribution in [2.45, 2.75) is 37.8 Å². The van der Waals surface area contributed by atoms with E-state index in [9.17, 15) is 10.5 Å². The van der Waals surface area contributed by atoms with Crippen molar-refractivity contribution in [1.29, 1.82) is 10.5 Å². The average molecular weight is 511 g/mol. The van der Waals surface area contributed by atoms with Gasteiger partial charge in [-0.2, -0.15) is 20.0 Å². The number of benzene rings is 1. The number of ether oxygens (including phenoxy) is 1. The lowest BCUT2D eigenvalue weighted by molar-refractivity contribution is 0.159. The zero-order valence-corrected chi connectivity index (χ0v) is 20.5. The van der Waals surface area contributed by atoms with Crippen LogP contribution >= 0.6 is 11.6 Å². The third kappa shape index (κ3) is 5.27. The smallest absolute Gasteiger partial charge is 0.247 e. The highest BCUT2D eigenvalue weighted by molar-refractivity contribution is 6.36. The molecule has 13 heteroatoms. The van der Waals surface area contributed by atoms with Gasteiger partial charge in [0.05, 0.1) is 41.0 Å². The molecule has 5 rings (SSSR count). The fourth-order valence-corrected chi connectivity index (χ4v) is 4.48. The SMILES string of the molecule is COCN[C@@H]1CCCN(c2cc(C#N)cc(Nc3nc(NC4CC4)c4ncc(C#N)n4n3)c2Cl)C1.O. The van der Waals surface area contributed by atoms with E-state index >= 15 is 0 Å². The highest BCUT2D eigenvalue weighted by atomic mass is 35.5. The topological polar surface area (TPSA) is 171 Å². The Morgan fingerprint density at radius 1 is 1.19 bits per heavy atom. The Labute approximate surface area is 213 Å². The molecule has 12 nitrogen and oxygen atoms in total. The summed E-state index contributed by atoms with van der Waals surface area (Å²) in [5.41, 5.74) is 2.54. The van der Waals surface area contributed by atoms with Crippen molar-refractivity contribution in [3.8, 4) is 12.1 Å². The second kappa shape index (κ2) is 10.9. The summed E-state index contributed by atoms with van der Waals surface area (Å²) in [6.45, 7) is 2.06. The van der Waals surface area contributed by atoms with Crippen LogP contribution in [0.25, 0.3) is 5.65 Å². The Kier molecular flexibility index (Phi) is 7.72. The normalized spacial score (nSPS) is 17.2. The molecule has 0 bridgehead atoms. The zero-order valence-electron chi connectivity index (χ0n) is 19.8. The van der Waals surface area contributed by atoms with Crippen LogP contribution in [0.3, 0.4) is 0 Å². The molecule has 1 atom stereocenters. The van der Waals surface area contributed by atoms with Crippen LogP contribution < -0.4 is 20.9 Å². The lowest BCUT2D eigenvalue weighted by Gasteiger charge is -2.35. The number of nitrogens with one attached hydrogen (secondary N) is 3. The monoisotopic (exact) mass is 510 g/mol. The number of nitriles is 2.